The van der Waals surface area contributed by atoms with Crippen molar-refractivity contribution in [1.29, 1.82) is 0 Å². The second-order valence-corrected chi connectivity index (χ2v) is 9.88. The van der Waals surface area contributed by atoms with Crippen LogP contribution in [-0.4, -0.2) is 6.10 Å². The van der Waals surface area contributed by atoms with Gasteiger partial charge in [0.1, 0.15) is 0 Å². The molecule has 0 heterocycles. The lowest BCUT2D eigenvalue weighted by molar-refractivity contribution is 0.197. The van der Waals surface area contributed by atoms with Crippen LogP contribution in [0.4, 0.5) is 4.39 Å². The summed E-state index contributed by atoms with van der Waals surface area (Å²) >= 11 is 0. The molecule has 0 amide bonds. The minimum atomic E-state index is -0.227. The van der Waals surface area contributed by atoms with Crippen molar-refractivity contribution in [2.24, 2.45) is 11.8 Å². The summed E-state index contributed by atoms with van der Waals surface area (Å²) in [7, 11) is 0. The third kappa shape index (κ3) is 7.22. The van der Waals surface area contributed by atoms with Crippen LogP contribution in [0.15, 0.2) is 42.0 Å². The van der Waals surface area contributed by atoms with E-state index in [9.17, 15) is 4.39 Å². The predicted molar refractivity (Wildman–Crippen MR) is 130 cm³/mol. The van der Waals surface area contributed by atoms with Crippen LogP contribution in [0.3, 0.4) is 0 Å². The Morgan fingerprint density at radius 2 is 1.84 bits per heavy atom. The summed E-state index contributed by atoms with van der Waals surface area (Å²) in [4.78, 5) is 0. The van der Waals surface area contributed by atoms with Crippen LogP contribution >= 0.6 is 0 Å². The Hall–Kier alpha value is -1.57. The van der Waals surface area contributed by atoms with Crippen LogP contribution in [0.5, 0.6) is 5.75 Å². The van der Waals surface area contributed by atoms with Gasteiger partial charge in [-0.25, -0.2) is 4.39 Å². The first-order valence-corrected chi connectivity index (χ1v) is 12.9. The second-order valence-electron chi connectivity index (χ2n) is 9.88. The molecule has 0 spiro atoms. The third-order valence-corrected chi connectivity index (χ3v) is 7.32. The van der Waals surface area contributed by atoms with Crippen molar-refractivity contribution in [3.8, 4) is 5.75 Å². The van der Waals surface area contributed by atoms with Gasteiger partial charge < -0.3 is 4.74 Å². The van der Waals surface area contributed by atoms with Crippen LogP contribution in [0.2, 0.25) is 0 Å². The quantitative estimate of drug-likeness (QED) is 0.320. The molecule has 31 heavy (non-hydrogen) atoms. The average molecular weight is 427 g/mol. The molecule has 0 N–H and O–H groups in total. The maximum atomic E-state index is 14.7. The summed E-state index contributed by atoms with van der Waals surface area (Å²) in [6, 6.07) is 5.56. The first kappa shape index (κ1) is 24.1. The van der Waals surface area contributed by atoms with E-state index in [0.717, 1.165) is 36.7 Å². The van der Waals surface area contributed by atoms with Gasteiger partial charge in [0.15, 0.2) is 11.6 Å². The van der Waals surface area contributed by atoms with Crippen molar-refractivity contribution in [3.63, 3.8) is 0 Å². The van der Waals surface area contributed by atoms with Crippen LogP contribution in [-0.2, 0) is 0 Å². The SMILES string of the molecule is CCCCCCC(C)Oc1ccc(C2C=CC(C3CCC(CCC)CC3)=CC2)cc1F. The molecular formula is C29H43FO. The monoisotopic (exact) mass is 426 g/mol. The highest BCUT2D eigenvalue weighted by Crippen LogP contribution is 2.39. The van der Waals surface area contributed by atoms with E-state index in [1.165, 1.54) is 63.4 Å². The molecule has 2 aliphatic rings. The summed E-state index contributed by atoms with van der Waals surface area (Å²) in [5.74, 6) is 2.12. The lowest BCUT2D eigenvalue weighted by atomic mass is 9.75. The van der Waals surface area contributed by atoms with Gasteiger partial charge in [0, 0.05) is 5.92 Å². The van der Waals surface area contributed by atoms with E-state index in [4.69, 9.17) is 4.74 Å². The fourth-order valence-corrected chi connectivity index (χ4v) is 5.36. The Morgan fingerprint density at radius 1 is 1.03 bits per heavy atom. The maximum absolute atomic E-state index is 14.7. The maximum Gasteiger partial charge on any atom is 0.165 e. The molecule has 0 bridgehead atoms. The summed E-state index contributed by atoms with van der Waals surface area (Å²) < 4.78 is 20.6. The molecule has 1 fully saturated rings. The number of hydrogen-bond acceptors (Lipinski definition) is 1. The molecule has 1 saturated carbocycles. The second kappa shape index (κ2) is 12.5. The zero-order valence-corrected chi connectivity index (χ0v) is 20.0. The number of benzene rings is 1. The van der Waals surface area contributed by atoms with E-state index in [1.54, 1.807) is 6.07 Å². The minimum absolute atomic E-state index is 0.0599. The molecule has 1 nitrogen and oxygen atoms in total. The lowest BCUT2D eigenvalue weighted by Gasteiger charge is -2.30. The summed E-state index contributed by atoms with van der Waals surface area (Å²) in [5, 5.41) is 0. The largest absolute Gasteiger partial charge is 0.488 e. The average Bonchev–Trinajstić information content (AvgIpc) is 2.79. The molecule has 0 aromatic heterocycles. The number of unbranched alkanes of at least 4 members (excludes halogenated alkanes) is 3. The van der Waals surface area contributed by atoms with E-state index in [0.29, 0.717) is 5.75 Å². The van der Waals surface area contributed by atoms with Gasteiger partial charge in [-0.1, -0.05) is 70.2 Å². The Balaban J connectivity index is 1.49. The molecule has 2 aliphatic carbocycles. The van der Waals surface area contributed by atoms with Gasteiger partial charge in [-0.05, 0) is 87.0 Å². The smallest absolute Gasteiger partial charge is 0.165 e. The van der Waals surface area contributed by atoms with Gasteiger partial charge in [-0.15, -0.1) is 0 Å². The molecule has 2 heteroatoms. The lowest BCUT2D eigenvalue weighted by Crippen LogP contribution is -2.16. The van der Waals surface area contributed by atoms with Crippen LogP contribution in [0, 0.1) is 17.7 Å². The number of hydrogen-bond donors (Lipinski definition) is 0. The molecule has 0 aliphatic heterocycles. The normalized spacial score (nSPS) is 24.6. The third-order valence-electron chi connectivity index (χ3n) is 7.32. The minimum Gasteiger partial charge on any atom is -0.488 e. The fraction of sp³-hybridized carbons (Fsp3) is 0.655. The van der Waals surface area contributed by atoms with E-state index in [2.05, 4.69) is 32.1 Å². The van der Waals surface area contributed by atoms with Crippen molar-refractivity contribution in [1.82, 2.24) is 0 Å². The van der Waals surface area contributed by atoms with Crippen LogP contribution < -0.4 is 4.74 Å². The number of allylic oxidation sites excluding steroid dienone is 4. The Bertz CT molecular complexity index is 726. The molecule has 3 rings (SSSR count). The van der Waals surface area contributed by atoms with Crippen molar-refractivity contribution in [2.45, 2.75) is 110 Å². The summed E-state index contributed by atoms with van der Waals surface area (Å²) in [6.45, 7) is 6.56. The number of rotatable bonds is 11. The molecule has 1 aromatic carbocycles. The van der Waals surface area contributed by atoms with Gasteiger partial charge in [0.05, 0.1) is 6.10 Å². The molecule has 2 unspecified atom stereocenters. The molecular weight excluding hydrogens is 383 g/mol. The van der Waals surface area contributed by atoms with Crippen molar-refractivity contribution in [2.75, 3.05) is 0 Å². The van der Waals surface area contributed by atoms with Gasteiger partial charge in [0.2, 0.25) is 0 Å². The van der Waals surface area contributed by atoms with Crippen molar-refractivity contribution >= 4 is 0 Å². The number of ether oxygens (including phenoxy) is 1. The molecule has 2 atom stereocenters. The van der Waals surface area contributed by atoms with Crippen molar-refractivity contribution in [3.05, 3.63) is 53.4 Å². The predicted octanol–water partition coefficient (Wildman–Crippen LogP) is 9.14. The van der Waals surface area contributed by atoms with Gasteiger partial charge in [-0.3, -0.25) is 0 Å². The fourth-order valence-electron chi connectivity index (χ4n) is 5.36. The van der Waals surface area contributed by atoms with E-state index in [-0.39, 0.29) is 17.8 Å². The van der Waals surface area contributed by atoms with Crippen LogP contribution in [0.1, 0.15) is 109 Å². The first-order chi connectivity index (χ1) is 15.1. The van der Waals surface area contributed by atoms with Gasteiger partial charge in [0.25, 0.3) is 0 Å². The molecule has 0 saturated heterocycles. The topological polar surface area (TPSA) is 9.23 Å². The number of halogens is 1. The summed E-state index contributed by atoms with van der Waals surface area (Å²) in [5.41, 5.74) is 2.57. The van der Waals surface area contributed by atoms with Crippen LogP contribution in [0.25, 0.3) is 0 Å². The van der Waals surface area contributed by atoms with E-state index < -0.39 is 0 Å². The zero-order chi connectivity index (χ0) is 22.1. The Morgan fingerprint density at radius 3 is 2.48 bits per heavy atom. The van der Waals surface area contributed by atoms with Gasteiger partial charge in [-0.2, -0.15) is 0 Å². The first-order valence-electron chi connectivity index (χ1n) is 12.9. The zero-order valence-electron chi connectivity index (χ0n) is 20.0. The van der Waals surface area contributed by atoms with Crippen molar-refractivity contribution < 1.29 is 9.13 Å². The van der Waals surface area contributed by atoms with Gasteiger partial charge >= 0.3 is 0 Å². The molecule has 0 radical (unpaired) electrons. The van der Waals surface area contributed by atoms with E-state index in [1.807, 2.05) is 19.1 Å². The Kier molecular flexibility index (Phi) is 9.68. The highest BCUT2D eigenvalue weighted by atomic mass is 19.1. The molecule has 1 aromatic rings. The van der Waals surface area contributed by atoms with E-state index >= 15 is 0 Å². The highest BCUT2D eigenvalue weighted by molar-refractivity contribution is 5.37. The Labute approximate surface area is 190 Å². The standard InChI is InChI=1S/C29H43FO/c1-4-6-7-8-10-22(3)31-29-20-19-27(21-28(29)30)26-17-15-25(16-18-26)24-13-11-23(9-5-2)12-14-24/h15-17,19-24,26H,4-14,18H2,1-3H3. The summed E-state index contributed by atoms with van der Waals surface area (Å²) in [6.07, 6.45) is 22.1. The highest BCUT2D eigenvalue weighted by Gasteiger charge is 2.24. The molecule has 172 valence electrons.